The van der Waals surface area contributed by atoms with Gasteiger partial charge in [-0.15, -0.1) is 0 Å². The van der Waals surface area contributed by atoms with E-state index in [4.69, 9.17) is 4.74 Å². The Morgan fingerprint density at radius 2 is 1.74 bits per heavy atom. The molecule has 1 aliphatic heterocycles. The summed E-state index contributed by atoms with van der Waals surface area (Å²) in [4.78, 5) is 0. The van der Waals surface area contributed by atoms with Crippen LogP contribution >= 0.6 is 0 Å². The lowest BCUT2D eigenvalue weighted by molar-refractivity contribution is 0.269. The smallest absolute Gasteiger partial charge is 0.128 e. The molecule has 2 aliphatic rings. The molecule has 3 aromatic carbocycles. The fourth-order valence-corrected chi connectivity index (χ4v) is 4.63. The van der Waals surface area contributed by atoms with E-state index < -0.39 is 0 Å². The minimum Gasteiger partial charge on any atom is -0.485 e. The predicted octanol–water partition coefficient (Wildman–Crippen LogP) is 6.06. The number of aryl methyl sites for hydroxylation is 1. The van der Waals surface area contributed by atoms with Crippen molar-refractivity contribution in [2.45, 2.75) is 18.9 Å². The van der Waals surface area contributed by atoms with E-state index >= 15 is 0 Å². The normalized spacial score (nSPS) is 20.0. The van der Waals surface area contributed by atoms with Gasteiger partial charge in [-0.1, -0.05) is 48.6 Å². The van der Waals surface area contributed by atoms with Gasteiger partial charge in [-0.05, 0) is 48.9 Å². The number of ether oxygens (including phenoxy) is 1. The van der Waals surface area contributed by atoms with Gasteiger partial charge in [-0.2, -0.15) is 0 Å². The van der Waals surface area contributed by atoms with Gasteiger partial charge in [0.25, 0.3) is 0 Å². The summed E-state index contributed by atoms with van der Waals surface area (Å²) in [6.07, 6.45) is 8.75. The van der Waals surface area contributed by atoms with Gasteiger partial charge >= 0.3 is 0 Å². The monoisotopic (exact) mass is 349 g/mol. The van der Waals surface area contributed by atoms with E-state index in [1.807, 2.05) is 0 Å². The van der Waals surface area contributed by atoms with Crippen LogP contribution in [0.4, 0.5) is 0 Å². The Labute approximate surface area is 158 Å². The third-order valence-electron chi connectivity index (χ3n) is 5.78. The SMILES string of the molecule is Cc1cccc(-n2c3ccccc3c3ccc4c(c32)C2C=CC=CC2O4)c1. The molecule has 0 amide bonds. The molecule has 1 aromatic heterocycles. The van der Waals surface area contributed by atoms with Crippen molar-refractivity contribution < 1.29 is 4.74 Å². The standard InChI is InChI=1S/C25H19NO/c1-16-7-6-8-17(15-16)26-21-11-4-2-9-18(21)19-13-14-23-24(25(19)26)20-10-3-5-12-22(20)27-23/h2-15,20,22H,1H3. The Morgan fingerprint density at radius 3 is 2.67 bits per heavy atom. The van der Waals surface area contributed by atoms with Crippen LogP contribution in [0.3, 0.4) is 0 Å². The van der Waals surface area contributed by atoms with E-state index in [0.717, 1.165) is 5.75 Å². The number of fused-ring (bicyclic) bond motifs is 7. The van der Waals surface area contributed by atoms with Crippen LogP contribution in [0, 0.1) is 6.92 Å². The van der Waals surface area contributed by atoms with Crippen LogP contribution in [0.25, 0.3) is 27.5 Å². The van der Waals surface area contributed by atoms with E-state index in [-0.39, 0.29) is 12.0 Å². The molecule has 0 spiro atoms. The highest BCUT2D eigenvalue weighted by molar-refractivity contribution is 6.11. The molecule has 0 N–H and O–H groups in total. The van der Waals surface area contributed by atoms with E-state index in [9.17, 15) is 0 Å². The van der Waals surface area contributed by atoms with Crippen molar-refractivity contribution in [3.8, 4) is 11.4 Å². The van der Waals surface area contributed by atoms with Crippen molar-refractivity contribution in [1.29, 1.82) is 0 Å². The largest absolute Gasteiger partial charge is 0.485 e. The van der Waals surface area contributed by atoms with E-state index in [2.05, 4.69) is 96.5 Å². The summed E-state index contributed by atoms with van der Waals surface area (Å²) >= 11 is 0. The molecule has 0 bridgehead atoms. The van der Waals surface area contributed by atoms with Crippen molar-refractivity contribution >= 4 is 21.8 Å². The Morgan fingerprint density at radius 1 is 0.852 bits per heavy atom. The van der Waals surface area contributed by atoms with E-state index in [0.29, 0.717) is 0 Å². The zero-order valence-electron chi connectivity index (χ0n) is 15.1. The number of hydrogen-bond acceptors (Lipinski definition) is 1. The van der Waals surface area contributed by atoms with Crippen LogP contribution in [-0.4, -0.2) is 10.7 Å². The summed E-state index contributed by atoms with van der Waals surface area (Å²) in [5, 5.41) is 2.58. The fourth-order valence-electron chi connectivity index (χ4n) is 4.63. The van der Waals surface area contributed by atoms with E-state index in [1.165, 1.54) is 38.6 Å². The van der Waals surface area contributed by atoms with Crippen LogP contribution in [0.2, 0.25) is 0 Å². The van der Waals surface area contributed by atoms with Gasteiger partial charge in [-0.25, -0.2) is 0 Å². The van der Waals surface area contributed by atoms with Gasteiger partial charge in [0.05, 0.1) is 11.0 Å². The second-order valence-corrected chi connectivity index (χ2v) is 7.44. The van der Waals surface area contributed by atoms with Crippen LogP contribution < -0.4 is 4.74 Å². The van der Waals surface area contributed by atoms with Gasteiger partial charge in [-0.3, -0.25) is 0 Å². The number of nitrogens with zero attached hydrogens (tertiary/aromatic N) is 1. The minimum absolute atomic E-state index is 0.0968. The molecule has 1 aliphatic carbocycles. The molecule has 6 rings (SSSR count). The third kappa shape index (κ3) is 2.01. The first-order valence-electron chi connectivity index (χ1n) is 9.46. The van der Waals surface area contributed by atoms with Crippen LogP contribution in [0.15, 0.2) is 85.0 Å². The Bertz CT molecular complexity index is 1270. The Balaban J connectivity index is 1.79. The molecule has 2 nitrogen and oxygen atoms in total. The van der Waals surface area contributed by atoms with E-state index in [1.54, 1.807) is 0 Å². The quantitative estimate of drug-likeness (QED) is 0.407. The van der Waals surface area contributed by atoms with Crippen molar-refractivity contribution in [1.82, 2.24) is 4.57 Å². The summed E-state index contributed by atoms with van der Waals surface area (Å²) < 4.78 is 8.69. The average molecular weight is 349 g/mol. The molecule has 2 heteroatoms. The predicted molar refractivity (Wildman–Crippen MR) is 111 cm³/mol. The maximum atomic E-state index is 6.28. The maximum absolute atomic E-state index is 6.28. The summed E-state index contributed by atoms with van der Waals surface area (Å²) in [6.45, 7) is 2.15. The molecule has 27 heavy (non-hydrogen) atoms. The second kappa shape index (κ2) is 5.37. The summed E-state index contributed by atoms with van der Waals surface area (Å²) in [5.74, 6) is 1.27. The summed E-state index contributed by atoms with van der Waals surface area (Å²) in [7, 11) is 0. The molecule has 0 saturated carbocycles. The highest BCUT2D eigenvalue weighted by atomic mass is 16.5. The van der Waals surface area contributed by atoms with Crippen LogP contribution in [0.5, 0.6) is 5.75 Å². The Hall–Kier alpha value is -3.26. The molecule has 4 aromatic rings. The number of benzene rings is 3. The summed E-state index contributed by atoms with van der Waals surface area (Å²) in [6, 6.07) is 21.8. The van der Waals surface area contributed by atoms with Crippen molar-refractivity contribution in [3.63, 3.8) is 0 Å². The number of aromatic nitrogens is 1. The number of allylic oxidation sites excluding steroid dienone is 2. The molecule has 2 atom stereocenters. The molecular weight excluding hydrogens is 330 g/mol. The first-order chi connectivity index (χ1) is 13.3. The second-order valence-electron chi connectivity index (χ2n) is 7.44. The lowest BCUT2D eigenvalue weighted by Gasteiger charge is -2.16. The van der Waals surface area contributed by atoms with Crippen LogP contribution in [-0.2, 0) is 0 Å². The molecule has 2 heterocycles. The van der Waals surface area contributed by atoms with Gasteiger partial charge in [0, 0.05) is 27.9 Å². The highest BCUT2D eigenvalue weighted by Gasteiger charge is 2.35. The maximum Gasteiger partial charge on any atom is 0.128 e. The van der Waals surface area contributed by atoms with Gasteiger partial charge < -0.3 is 9.30 Å². The zero-order chi connectivity index (χ0) is 18.0. The molecule has 0 fully saturated rings. The lowest BCUT2D eigenvalue weighted by atomic mass is 9.90. The van der Waals surface area contributed by atoms with Crippen molar-refractivity contribution in [2.75, 3.05) is 0 Å². The van der Waals surface area contributed by atoms with Crippen molar-refractivity contribution in [2.24, 2.45) is 0 Å². The number of para-hydroxylation sites is 1. The fraction of sp³-hybridized carbons (Fsp3) is 0.120. The van der Waals surface area contributed by atoms with Crippen LogP contribution in [0.1, 0.15) is 17.0 Å². The Kier molecular flexibility index (Phi) is 2.96. The average Bonchev–Trinajstić information content (AvgIpc) is 3.23. The molecule has 0 saturated heterocycles. The van der Waals surface area contributed by atoms with Crippen molar-refractivity contribution in [3.05, 3.63) is 96.1 Å². The molecular formula is C25H19NO. The third-order valence-corrected chi connectivity index (χ3v) is 5.78. The van der Waals surface area contributed by atoms with Gasteiger partial charge in [0.2, 0.25) is 0 Å². The van der Waals surface area contributed by atoms with Gasteiger partial charge in [0.1, 0.15) is 11.9 Å². The zero-order valence-corrected chi connectivity index (χ0v) is 15.1. The number of rotatable bonds is 1. The topological polar surface area (TPSA) is 14.2 Å². The summed E-state index contributed by atoms with van der Waals surface area (Å²) in [5.41, 5.74) is 6.28. The minimum atomic E-state index is 0.0968. The molecule has 0 radical (unpaired) electrons. The highest BCUT2D eigenvalue weighted by Crippen LogP contribution is 2.47. The molecule has 130 valence electrons. The molecule has 2 unspecified atom stereocenters. The first-order valence-corrected chi connectivity index (χ1v) is 9.46. The first kappa shape index (κ1) is 14.9. The van der Waals surface area contributed by atoms with Gasteiger partial charge in [0.15, 0.2) is 0 Å². The number of hydrogen-bond donors (Lipinski definition) is 0. The lowest BCUT2D eigenvalue weighted by Crippen LogP contribution is -2.15.